The van der Waals surface area contributed by atoms with Gasteiger partial charge in [0.1, 0.15) is 5.75 Å². The van der Waals surface area contributed by atoms with Crippen molar-refractivity contribution in [1.29, 1.82) is 0 Å². The maximum Gasteiger partial charge on any atom is 0.337 e. The average molecular weight is 279 g/mol. The van der Waals surface area contributed by atoms with E-state index in [1.807, 2.05) is 36.4 Å². The standard InChI is InChI=1S/C17H13NO3/c1-20-17(19)13-6-9-14(10-7-13)21-16-11-8-12-4-2-3-5-15(12)18-16/h2-11H,1H3. The molecule has 1 heterocycles. The van der Waals surface area contributed by atoms with E-state index in [1.165, 1.54) is 7.11 Å². The number of hydrogen-bond acceptors (Lipinski definition) is 4. The van der Waals surface area contributed by atoms with Crippen LogP contribution in [-0.4, -0.2) is 18.1 Å². The molecule has 0 fully saturated rings. The number of carbonyl (C=O) groups is 1. The van der Waals surface area contributed by atoms with Gasteiger partial charge in [0.2, 0.25) is 5.88 Å². The smallest absolute Gasteiger partial charge is 0.337 e. The first kappa shape index (κ1) is 13.1. The molecule has 0 aliphatic carbocycles. The number of rotatable bonds is 3. The lowest BCUT2D eigenvalue weighted by molar-refractivity contribution is 0.0600. The van der Waals surface area contributed by atoms with Crippen LogP contribution in [0.2, 0.25) is 0 Å². The summed E-state index contributed by atoms with van der Waals surface area (Å²) in [4.78, 5) is 15.8. The summed E-state index contributed by atoms with van der Waals surface area (Å²) >= 11 is 0. The Labute approximate surface area is 122 Å². The highest BCUT2D eigenvalue weighted by atomic mass is 16.5. The molecule has 3 rings (SSSR count). The SMILES string of the molecule is COC(=O)c1ccc(Oc2ccc3ccccc3n2)cc1. The highest BCUT2D eigenvalue weighted by Gasteiger charge is 2.06. The average Bonchev–Trinajstić information content (AvgIpc) is 2.55. The van der Waals surface area contributed by atoms with Gasteiger partial charge in [0.25, 0.3) is 0 Å². The van der Waals surface area contributed by atoms with Crippen molar-refractivity contribution < 1.29 is 14.3 Å². The fourth-order valence-electron chi connectivity index (χ4n) is 2.00. The second-order valence-electron chi connectivity index (χ2n) is 4.46. The van der Waals surface area contributed by atoms with Crippen LogP contribution in [0.15, 0.2) is 60.7 Å². The number of methoxy groups -OCH3 is 1. The summed E-state index contributed by atoms with van der Waals surface area (Å²) < 4.78 is 10.3. The minimum atomic E-state index is -0.370. The largest absolute Gasteiger partial charge is 0.465 e. The van der Waals surface area contributed by atoms with Crippen molar-refractivity contribution in [3.63, 3.8) is 0 Å². The Bertz CT molecular complexity index is 781. The highest BCUT2D eigenvalue weighted by molar-refractivity contribution is 5.89. The van der Waals surface area contributed by atoms with Gasteiger partial charge in [-0.1, -0.05) is 18.2 Å². The molecule has 3 aromatic rings. The summed E-state index contributed by atoms with van der Waals surface area (Å²) in [6.07, 6.45) is 0. The summed E-state index contributed by atoms with van der Waals surface area (Å²) in [6.45, 7) is 0. The molecule has 0 aliphatic rings. The van der Waals surface area contributed by atoms with Gasteiger partial charge in [0, 0.05) is 11.5 Å². The number of carbonyl (C=O) groups excluding carboxylic acids is 1. The summed E-state index contributed by atoms with van der Waals surface area (Å²) in [5, 5.41) is 1.06. The number of para-hydroxylation sites is 1. The quantitative estimate of drug-likeness (QED) is 0.684. The number of pyridine rings is 1. The van der Waals surface area contributed by atoms with E-state index in [4.69, 9.17) is 4.74 Å². The molecule has 0 spiro atoms. The van der Waals surface area contributed by atoms with Gasteiger partial charge >= 0.3 is 5.97 Å². The molecule has 0 bridgehead atoms. The third-order valence-electron chi connectivity index (χ3n) is 3.07. The zero-order valence-corrected chi connectivity index (χ0v) is 11.4. The maximum absolute atomic E-state index is 11.4. The lowest BCUT2D eigenvalue weighted by Gasteiger charge is -2.06. The van der Waals surface area contributed by atoms with Crippen LogP contribution in [0.5, 0.6) is 11.6 Å². The van der Waals surface area contributed by atoms with Crippen molar-refractivity contribution in [1.82, 2.24) is 4.98 Å². The van der Waals surface area contributed by atoms with Gasteiger partial charge in [0.05, 0.1) is 18.2 Å². The van der Waals surface area contributed by atoms with E-state index in [2.05, 4.69) is 9.72 Å². The van der Waals surface area contributed by atoms with Gasteiger partial charge < -0.3 is 9.47 Å². The van der Waals surface area contributed by atoms with Crippen molar-refractivity contribution in [2.75, 3.05) is 7.11 Å². The molecule has 0 aliphatic heterocycles. The van der Waals surface area contributed by atoms with Gasteiger partial charge in [-0.05, 0) is 36.4 Å². The Kier molecular flexibility index (Phi) is 3.51. The molecule has 0 saturated heterocycles. The van der Waals surface area contributed by atoms with E-state index >= 15 is 0 Å². The fourth-order valence-corrected chi connectivity index (χ4v) is 2.00. The monoisotopic (exact) mass is 279 g/mol. The highest BCUT2D eigenvalue weighted by Crippen LogP contribution is 2.22. The van der Waals surface area contributed by atoms with Gasteiger partial charge in [-0.3, -0.25) is 0 Å². The third-order valence-corrected chi connectivity index (χ3v) is 3.07. The molecule has 0 amide bonds. The Balaban J connectivity index is 1.83. The van der Waals surface area contributed by atoms with E-state index < -0.39 is 0 Å². The Morgan fingerprint density at radius 3 is 2.48 bits per heavy atom. The first-order valence-electron chi connectivity index (χ1n) is 6.48. The predicted octanol–water partition coefficient (Wildman–Crippen LogP) is 3.81. The number of esters is 1. The molecule has 4 heteroatoms. The van der Waals surface area contributed by atoms with Crippen molar-refractivity contribution in [2.24, 2.45) is 0 Å². The summed E-state index contributed by atoms with van der Waals surface area (Å²) in [6, 6.07) is 18.3. The van der Waals surface area contributed by atoms with Crippen molar-refractivity contribution in [3.8, 4) is 11.6 Å². The number of hydrogen-bond donors (Lipinski definition) is 0. The van der Waals surface area contributed by atoms with Gasteiger partial charge in [-0.15, -0.1) is 0 Å². The van der Waals surface area contributed by atoms with Crippen LogP contribution in [0, 0.1) is 0 Å². The van der Waals surface area contributed by atoms with Gasteiger partial charge in [-0.25, -0.2) is 9.78 Å². The minimum absolute atomic E-state index is 0.370. The number of ether oxygens (including phenoxy) is 2. The Morgan fingerprint density at radius 2 is 1.71 bits per heavy atom. The number of fused-ring (bicyclic) bond motifs is 1. The van der Waals surface area contributed by atoms with Crippen LogP contribution in [0.3, 0.4) is 0 Å². The van der Waals surface area contributed by atoms with Gasteiger partial charge in [0.15, 0.2) is 0 Å². The number of aromatic nitrogens is 1. The van der Waals surface area contributed by atoms with Gasteiger partial charge in [-0.2, -0.15) is 0 Å². The van der Waals surface area contributed by atoms with Crippen LogP contribution in [0.4, 0.5) is 0 Å². The lowest BCUT2D eigenvalue weighted by Crippen LogP contribution is -2.00. The molecule has 21 heavy (non-hydrogen) atoms. The lowest BCUT2D eigenvalue weighted by atomic mass is 10.2. The molecule has 2 aromatic carbocycles. The van der Waals surface area contributed by atoms with Crippen LogP contribution >= 0.6 is 0 Å². The second-order valence-corrected chi connectivity index (χ2v) is 4.46. The van der Waals surface area contributed by atoms with Crippen LogP contribution in [0.1, 0.15) is 10.4 Å². The van der Waals surface area contributed by atoms with Crippen molar-refractivity contribution in [3.05, 3.63) is 66.2 Å². The molecule has 104 valence electrons. The van der Waals surface area contributed by atoms with Crippen molar-refractivity contribution >= 4 is 16.9 Å². The maximum atomic E-state index is 11.4. The van der Waals surface area contributed by atoms with E-state index in [0.29, 0.717) is 17.2 Å². The topological polar surface area (TPSA) is 48.4 Å². The third kappa shape index (κ3) is 2.84. The Morgan fingerprint density at radius 1 is 0.952 bits per heavy atom. The second kappa shape index (κ2) is 5.63. The molecule has 0 unspecified atom stereocenters. The zero-order chi connectivity index (χ0) is 14.7. The van der Waals surface area contributed by atoms with E-state index in [1.54, 1.807) is 24.3 Å². The summed E-state index contributed by atoms with van der Waals surface area (Å²) in [5.41, 5.74) is 1.36. The Hall–Kier alpha value is -2.88. The molecule has 0 saturated carbocycles. The summed E-state index contributed by atoms with van der Waals surface area (Å²) in [7, 11) is 1.35. The number of benzene rings is 2. The molecular weight excluding hydrogens is 266 g/mol. The molecule has 0 radical (unpaired) electrons. The molecular formula is C17H13NO3. The first-order valence-corrected chi connectivity index (χ1v) is 6.48. The molecule has 4 nitrogen and oxygen atoms in total. The predicted molar refractivity (Wildman–Crippen MR) is 79.6 cm³/mol. The minimum Gasteiger partial charge on any atom is -0.465 e. The fraction of sp³-hybridized carbons (Fsp3) is 0.0588. The van der Waals surface area contributed by atoms with E-state index in [0.717, 1.165) is 10.9 Å². The molecule has 0 N–H and O–H groups in total. The molecule has 1 aromatic heterocycles. The van der Waals surface area contributed by atoms with Crippen LogP contribution in [0.25, 0.3) is 10.9 Å². The van der Waals surface area contributed by atoms with Crippen LogP contribution in [-0.2, 0) is 4.74 Å². The normalized spacial score (nSPS) is 10.3. The van der Waals surface area contributed by atoms with E-state index in [9.17, 15) is 4.79 Å². The van der Waals surface area contributed by atoms with Crippen LogP contribution < -0.4 is 4.74 Å². The molecule has 0 atom stereocenters. The zero-order valence-electron chi connectivity index (χ0n) is 11.4. The van der Waals surface area contributed by atoms with E-state index in [-0.39, 0.29) is 5.97 Å². The first-order chi connectivity index (χ1) is 10.3. The summed E-state index contributed by atoms with van der Waals surface area (Å²) in [5.74, 6) is 0.760. The number of nitrogens with zero attached hydrogens (tertiary/aromatic N) is 1. The van der Waals surface area contributed by atoms with Crippen molar-refractivity contribution in [2.45, 2.75) is 0 Å².